The summed E-state index contributed by atoms with van der Waals surface area (Å²) >= 11 is -1.41. The summed E-state index contributed by atoms with van der Waals surface area (Å²) in [6, 6.07) is 1.78. The van der Waals surface area contributed by atoms with E-state index in [1.165, 1.54) is 6.26 Å². The fourth-order valence-electron chi connectivity index (χ4n) is 0.561. The van der Waals surface area contributed by atoms with Gasteiger partial charge >= 0.3 is 68.2 Å². The van der Waals surface area contributed by atoms with Crippen LogP contribution in [0.25, 0.3) is 0 Å². The van der Waals surface area contributed by atoms with E-state index in [1.807, 2.05) is 0 Å². The number of hydrogen-bond acceptors (Lipinski definition) is 2. The molecule has 0 N–H and O–H groups in total. The molecular weight excluding hydrogens is 328 g/mol. The maximum atomic E-state index is 10.1. The Morgan fingerprint density at radius 3 is 3.00 bits per heavy atom. The number of halogens is 1. The Balaban J connectivity index is 2.98. The molecule has 1 rings (SSSR count). The summed E-state index contributed by atoms with van der Waals surface area (Å²) in [6.07, 6.45) is 2.21. The molecule has 0 saturated heterocycles. The predicted molar refractivity (Wildman–Crippen MR) is 29.6 cm³/mol. The van der Waals surface area contributed by atoms with E-state index in [-0.39, 0.29) is 0 Å². The molecule has 0 aromatic carbocycles. The van der Waals surface area contributed by atoms with Crippen LogP contribution >= 0.6 is 8.25 Å². The SMILES string of the molecule is O=Cc1occ[c]1[Hg][Cl]. The topological polar surface area (TPSA) is 30.2 Å². The normalized spacial score (nSPS) is 8.56. The predicted octanol–water partition coefficient (Wildman–Crippen LogP) is 0.954. The van der Waals surface area contributed by atoms with Crippen LogP contribution in [0.5, 0.6) is 0 Å². The van der Waals surface area contributed by atoms with Crippen molar-refractivity contribution < 1.29 is 32.6 Å². The monoisotopic (exact) mass is 332 g/mol. The molecule has 0 amide bonds. The number of hydrogen-bond donors (Lipinski definition) is 0. The molecule has 0 radical (unpaired) electrons. The van der Waals surface area contributed by atoms with Crippen LogP contribution in [0.2, 0.25) is 0 Å². The van der Waals surface area contributed by atoms with E-state index in [1.54, 1.807) is 6.07 Å². The van der Waals surface area contributed by atoms with E-state index in [0.29, 0.717) is 12.0 Å². The van der Waals surface area contributed by atoms with Crippen LogP contribution in [0.15, 0.2) is 16.7 Å². The summed E-state index contributed by atoms with van der Waals surface area (Å²) in [7, 11) is 5.66. The van der Waals surface area contributed by atoms with E-state index in [0.717, 1.165) is 3.07 Å². The zero-order valence-corrected chi connectivity index (χ0v) is 10.9. The van der Waals surface area contributed by atoms with Gasteiger partial charge in [0.05, 0.1) is 0 Å². The summed E-state index contributed by atoms with van der Waals surface area (Å²) in [4.78, 5) is 10.1. The summed E-state index contributed by atoms with van der Waals surface area (Å²) in [5.74, 6) is 0.423. The fourth-order valence-corrected chi connectivity index (χ4v) is 4.38. The third-order valence-electron chi connectivity index (χ3n) is 1.03. The van der Waals surface area contributed by atoms with Gasteiger partial charge in [0.15, 0.2) is 0 Å². The number of carbonyl (C=O) groups excluding carboxylic acids is 1. The number of carbonyl (C=O) groups is 1. The van der Waals surface area contributed by atoms with Crippen molar-refractivity contribution in [2.45, 2.75) is 0 Å². The molecule has 0 aliphatic carbocycles. The average Bonchev–Trinajstić information content (AvgIpc) is 2.33. The second-order valence-corrected chi connectivity index (χ2v) is 7.91. The quantitative estimate of drug-likeness (QED) is 0.597. The van der Waals surface area contributed by atoms with E-state index in [9.17, 15) is 4.79 Å². The minimum absolute atomic E-state index is 0.423. The number of aldehydes is 1. The van der Waals surface area contributed by atoms with Gasteiger partial charge in [-0.15, -0.1) is 0 Å². The van der Waals surface area contributed by atoms with Crippen molar-refractivity contribution in [1.29, 1.82) is 0 Å². The molecule has 1 aromatic heterocycles. The van der Waals surface area contributed by atoms with Gasteiger partial charge in [0.1, 0.15) is 0 Å². The molecule has 0 atom stereocenters. The Morgan fingerprint density at radius 1 is 1.78 bits per heavy atom. The molecule has 9 heavy (non-hydrogen) atoms. The molecule has 0 bridgehead atoms. The summed E-state index contributed by atoms with van der Waals surface area (Å²) in [6.45, 7) is 0. The number of furan rings is 1. The first kappa shape index (κ1) is 7.28. The van der Waals surface area contributed by atoms with Crippen molar-refractivity contribution in [3.8, 4) is 0 Å². The first-order valence-electron chi connectivity index (χ1n) is 2.46. The Kier molecular flexibility index (Phi) is 2.73. The molecule has 0 saturated carbocycles. The van der Waals surface area contributed by atoms with Crippen molar-refractivity contribution >= 4 is 17.6 Å². The number of rotatable bonds is 2. The van der Waals surface area contributed by atoms with Crippen LogP contribution in [0.3, 0.4) is 0 Å². The van der Waals surface area contributed by atoms with Crippen molar-refractivity contribution in [2.75, 3.05) is 0 Å². The Labute approximate surface area is 68.1 Å². The van der Waals surface area contributed by atoms with Crippen molar-refractivity contribution in [3.63, 3.8) is 0 Å². The summed E-state index contributed by atoms with van der Waals surface area (Å²) in [5.41, 5.74) is 0. The molecule has 2 nitrogen and oxygen atoms in total. The average molecular weight is 331 g/mol. The maximum absolute atomic E-state index is 10.1. The molecule has 0 unspecified atom stereocenters. The molecule has 1 heterocycles. The van der Waals surface area contributed by atoms with Gasteiger partial charge in [-0.2, -0.15) is 0 Å². The molecule has 1 aromatic rings. The second-order valence-electron chi connectivity index (χ2n) is 1.56. The van der Waals surface area contributed by atoms with Gasteiger partial charge in [-0.1, -0.05) is 0 Å². The molecule has 44 valence electrons. The zero-order valence-electron chi connectivity index (χ0n) is 4.63. The molecule has 0 aliphatic heterocycles. The van der Waals surface area contributed by atoms with Crippen molar-refractivity contribution in [1.82, 2.24) is 0 Å². The van der Waals surface area contributed by atoms with Crippen LogP contribution < -0.4 is 3.07 Å². The van der Waals surface area contributed by atoms with Crippen LogP contribution in [0, 0.1) is 0 Å². The van der Waals surface area contributed by atoms with Crippen LogP contribution in [0.4, 0.5) is 0 Å². The van der Waals surface area contributed by atoms with Gasteiger partial charge in [0, 0.05) is 0 Å². The Bertz CT molecular complexity index is 208. The molecule has 4 heteroatoms. The molecule has 0 fully saturated rings. The van der Waals surface area contributed by atoms with Crippen LogP contribution in [-0.2, 0) is 23.3 Å². The third-order valence-corrected chi connectivity index (χ3v) is 6.95. The van der Waals surface area contributed by atoms with E-state index in [2.05, 4.69) is 0 Å². The van der Waals surface area contributed by atoms with Gasteiger partial charge in [0.25, 0.3) is 0 Å². The molecule has 0 aliphatic rings. The van der Waals surface area contributed by atoms with E-state index >= 15 is 0 Å². The first-order chi connectivity index (χ1) is 4.38. The summed E-state index contributed by atoms with van der Waals surface area (Å²) < 4.78 is 5.77. The van der Waals surface area contributed by atoms with Gasteiger partial charge in [-0.25, -0.2) is 0 Å². The Hall–Kier alpha value is 0.175. The second kappa shape index (κ2) is 3.37. The third kappa shape index (κ3) is 1.55. The van der Waals surface area contributed by atoms with E-state index < -0.39 is 23.3 Å². The van der Waals surface area contributed by atoms with Crippen molar-refractivity contribution in [3.05, 3.63) is 18.1 Å². The van der Waals surface area contributed by atoms with Crippen LogP contribution in [0.1, 0.15) is 10.6 Å². The Morgan fingerprint density at radius 2 is 2.56 bits per heavy atom. The minimum atomic E-state index is -1.41. The molecular formula is C5H3ClHgO2. The first-order valence-corrected chi connectivity index (χ1v) is 12.0. The standard InChI is InChI=1S/C5H3O2.ClH.Hg/c6-4-5-2-1-3-7-5;;/h1,3-4H;1H;/q;;+1/p-1. The van der Waals surface area contributed by atoms with Gasteiger partial charge in [-0.3, -0.25) is 0 Å². The van der Waals surface area contributed by atoms with Crippen LogP contribution in [-0.4, -0.2) is 6.29 Å². The van der Waals surface area contributed by atoms with Gasteiger partial charge in [-0.05, 0) is 0 Å². The zero-order chi connectivity index (χ0) is 6.69. The van der Waals surface area contributed by atoms with Gasteiger partial charge < -0.3 is 0 Å². The fraction of sp³-hybridized carbons (Fsp3) is 0. The molecule has 0 spiro atoms. The van der Waals surface area contributed by atoms with E-state index in [4.69, 9.17) is 12.7 Å². The summed E-state index contributed by atoms with van der Waals surface area (Å²) in [5, 5.41) is 0. The van der Waals surface area contributed by atoms with Gasteiger partial charge in [0.2, 0.25) is 0 Å². The van der Waals surface area contributed by atoms with Crippen molar-refractivity contribution in [2.24, 2.45) is 0 Å².